The zero-order chi connectivity index (χ0) is 22.5. The van der Waals surface area contributed by atoms with Crippen molar-refractivity contribution in [1.82, 2.24) is 15.0 Å². The Labute approximate surface area is 191 Å². The van der Waals surface area contributed by atoms with Gasteiger partial charge < -0.3 is 20.2 Å². The molecule has 7 nitrogen and oxygen atoms in total. The van der Waals surface area contributed by atoms with Crippen molar-refractivity contribution in [3.05, 3.63) is 54.1 Å². The second-order valence-electron chi connectivity index (χ2n) is 7.90. The van der Waals surface area contributed by atoms with Gasteiger partial charge in [0, 0.05) is 13.2 Å². The standard InChI is InChI=1S/C24H29N5O2S/c1-4-17(14-30)11-12-25-22-21(23-28-18-8-5-6-10-20(18)32-23)16(3)27-24(29-22)26-15(2)19-9-7-13-31-19/h5-10,13,15,17,30H,4,11-12,14H2,1-3H3,(H2,25,26,27,29). The molecule has 0 aliphatic heterocycles. The van der Waals surface area contributed by atoms with Crippen molar-refractivity contribution >= 4 is 33.3 Å². The number of furan rings is 1. The lowest BCUT2D eigenvalue weighted by atomic mass is 10.0. The topological polar surface area (TPSA) is 96.1 Å². The van der Waals surface area contributed by atoms with E-state index < -0.39 is 0 Å². The molecule has 32 heavy (non-hydrogen) atoms. The molecule has 3 N–H and O–H groups in total. The molecule has 0 aliphatic carbocycles. The van der Waals surface area contributed by atoms with E-state index >= 15 is 0 Å². The molecule has 8 heteroatoms. The van der Waals surface area contributed by atoms with Gasteiger partial charge in [-0.05, 0) is 50.5 Å². The first-order valence-corrected chi connectivity index (χ1v) is 11.8. The monoisotopic (exact) mass is 451 g/mol. The van der Waals surface area contributed by atoms with Crippen molar-refractivity contribution in [3.8, 4) is 10.6 Å². The lowest BCUT2D eigenvalue weighted by Gasteiger charge is -2.17. The summed E-state index contributed by atoms with van der Waals surface area (Å²) in [5.41, 5.74) is 2.74. The van der Waals surface area contributed by atoms with E-state index in [-0.39, 0.29) is 18.6 Å². The minimum atomic E-state index is -0.0654. The lowest BCUT2D eigenvalue weighted by molar-refractivity contribution is 0.217. The van der Waals surface area contributed by atoms with Crippen molar-refractivity contribution < 1.29 is 9.52 Å². The minimum absolute atomic E-state index is 0.0654. The fourth-order valence-corrected chi connectivity index (χ4v) is 4.69. The van der Waals surface area contributed by atoms with E-state index in [2.05, 4.69) is 23.6 Å². The molecule has 0 saturated carbocycles. The van der Waals surface area contributed by atoms with Gasteiger partial charge in [-0.25, -0.2) is 9.97 Å². The number of aliphatic hydroxyl groups is 1. The third-order valence-corrected chi connectivity index (χ3v) is 6.65. The van der Waals surface area contributed by atoms with Crippen molar-refractivity contribution in [2.24, 2.45) is 5.92 Å². The van der Waals surface area contributed by atoms with Gasteiger partial charge in [-0.15, -0.1) is 11.3 Å². The molecule has 3 aromatic heterocycles. The lowest BCUT2D eigenvalue weighted by Crippen LogP contribution is -2.15. The van der Waals surface area contributed by atoms with E-state index in [9.17, 15) is 5.11 Å². The first kappa shape index (κ1) is 22.2. The maximum absolute atomic E-state index is 9.53. The van der Waals surface area contributed by atoms with Crippen LogP contribution < -0.4 is 10.6 Å². The van der Waals surface area contributed by atoms with Gasteiger partial charge in [-0.2, -0.15) is 4.98 Å². The second-order valence-corrected chi connectivity index (χ2v) is 8.93. The largest absolute Gasteiger partial charge is 0.467 e. The Morgan fingerprint density at radius 1 is 1.12 bits per heavy atom. The molecule has 3 heterocycles. The summed E-state index contributed by atoms with van der Waals surface area (Å²) in [6, 6.07) is 11.9. The molecular weight excluding hydrogens is 422 g/mol. The Balaban J connectivity index is 1.66. The molecule has 1 aromatic carbocycles. The van der Waals surface area contributed by atoms with Gasteiger partial charge in [-0.1, -0.05) is 25.5 Å². The molecule has 0 bridgehead atoms. The van der Waals surface area contributed by atoms with Crippen LogP contribution in [0.1, 0.15) is 44.2 Å². The predicted octanol–water partition coefficient (Wildman–Crippen LogP) is 5.65. The Hall–Kier alpha value is -2.97. The summed E-state index contributed by atoms with van der Waals surface area (Å²) >= 11 is 1.64. The van der Waals surface area contributed by atoms with Crippen LogP contribution in [0.2, 0.25) is 0 Å². The number of aliphatic hydroxyl groups excluding tert-OH is 1. The molecule has 2 unspecified atom stereocenters. The normalized spacial score (nSPS) is 13.2. The number of hydrogen-bond donors (Lipinski definition) is 3. The number of fused-ring (bicyclic) bond motifs is 1. The SMILES string of the molecule is CCC(CO)CCNc1nc(NC(C)c2ccco2)nc(C)c1-c1nc2ccccc2s1. The number of aryl methyl sites for hydroxylation is 1. The Bertz CT molecular complexity index is 1120. The number of rotatable bonds is 10. The highest BCUT2D eigenvalue weighted by molar-refractivity contribution is 7.21. The second kappa shape index (κ2) is 10.1. The van der Waals surface area contributed by atoms with Crippen molar-refractivity contribution in [1.29, 1.82) is 0 Å². The van der Waals surface area contributed by atoms with Crippen LogP contribution in [0.5, 0.6) is 0 Å². The Morgan fingerprint density at radius 3 is 2.69 bits per heavy atom. The molecular formula is C24H29N5O2S. The van der Waals surface area contributed by atoms with E-state index in [0.717, 1.165) is 50.9 Å². The fraction of sp³-hybridized carbons (Fsp3) is 0.375. The highest BCUT2D eigenvalue weighted by Crippen LogP contribution is 2.36. The number of para-hydroxylation sites is 1. The molecule has 0 amide bonds. The van der Waals surface area contributed by atoms with Crippen LogP contribution in [0.15, 0.2) is 47.1 Å². The van der Waals surface area contributed by atoms with Gasteiger partial charge in [-0.3, -0.25) is 0 Å². The molecule has 4 rings (SSSR count). The van der Waals surface area contributed by atoms with Gasteiger partial charge in [0.05, 0.1) is 33.8 Å². The zero-order valence-corrected chi connectivity index (χ0v) is 19.4. The zero-order valence-electron chi connectivity index (χ0n) is 18.6. The summed E-state index contributed by atoms with van der Waals surface area (Å²) in [6.45, 7) is 7.00. The van der Waals surface area contributed by atoms with Crippen LogP contribution in [-0.2, 0) is 0 Å². The predicted molar refractivity (Wildman–Crippen MR) is 130 cm³/mol. The summed E-state index contributed by atoms with van der Waals surface area (Å²) in [4.78, 5) is 14.4. The number of hydrogen-bond acceptors (Lipinski definition) is 8. The third-order valence-electron chi connectivity index (χ3n) is 5.59. The number of nitrogens with zero attached hydrogens (tertiary/aromatic N) is 3. The van der Waals surface area contributed by atoms with Gasteiger partial charge in [0.25, 0.3) is 0 Å². The smallest absolute Gasteiger partial charge is 0.225 e. The van der Waals surface area contributed by atoms with Gasteiger partial charge in [0.2, 0.25) is 5.95 Å². The quantitative estimate of drug-likeness (QED) is 0.287. The van der Waals surface area contributed by atoms with Crippen LogP contribution in [-0.4, -0.2) is 33.2 Å². The number of anilines is 2. The third kappa shape index (κ3) is 4.92. The average Bonchev–Trinajstić information content (AvgIpc) is 3.46. The summed E-state index contributed by atoms with van der Waals surface area (Å²) in [6.07, 6.45) is 3.47. The highest BCUT2D eigenvalue weighted by atomic mass is 32.1. The van der Waals surface area contributed by atoms with Gasteiger partial charge >= 0.3 is 0 Å². The Morgan fingerprint density at radius 2 is 1.97 bits per heavy atom. The van der Waals surface area contributed by atoms with Crippen LogP contribution in [0, 0.1) is 12.8 Å². The van der Waals surface area contributed by atoms with E-state index in [1.165, 1.54) is 0 Å². The fourth-order valence-electron chi connectivity index (χ4n) is 3.62. The molecule has 0 spiro atoms. The first-order chi connectivity index (χ1) is 15.6. The van der Waals surface area contributed by atoms with Gasteiger partial charge in [0.15, 0.2) is 0 Å². The molecule has 0 radical (unpaired) electrons. The van der Waals surface area contributed by atoms with Crippen LogP contribution >= 0.6 is 11.3 Å². The van der Waals surface area contributed by atoms with E-state index in [1.807, 2.05) is 44.2 Å². The van der Waals surface area contributed by atoms with Crippen LogP contribution in [0.4, 0.5) is 11.8 Å². The molecule has 0 saturated heterocycles. The number of thiazole rings is 1. The number of aromatic nitrogens is 3. The highest BCUT2D eigenvalue weighted by Gasteiger charge is 2.19. The molecule has 4 aromatic rings. The molecule has 168 valence electrons. The van der Waals surface area contributed by atoms with Crippen molar-refractivity contribution in [2.75, 3.05) is 23.8 Å². The summed E-state index contributed by atoms with van der Waals surface area (Å²) in [5.74, 6) is 2.38. The first-order valence-electron chi connectivity index (χ1n) is 11.0. The van der Waals surface area contributed by atoms with E-state index in [0.29, 0.717) is 12.5 Å². The van der Waals surface area contributed by atoms with E-state index in [1.54, 1.807) is 17.6 Å². The average molecular weight is 452 g/mol. The summed E-state index contributed by atoms with van der Waals surface area (Å²) in [5, 5.41) is 17.3. The number of nitrogens with one attached hydrogen (secondary N) is 2. The number of benzene rings is 1. The van der Waals surface area contributed by atoms with E-state index in [4.69, 9.17) is 19.4 Å². The summed E-state index contributed by atoms with van der Waals surface area (Å²) < 4.78 is 6.64. The maximum Gasteiger partial charge on any atom is 0.225 e. The van der Waals surface area contributed by atoms with Crippen molar-refractivity contribution in [3.63, 3.8) is 0 Å². The van der Waals surface area contributed by atoms with Crippen molar-refractivity contribution in [2.45, 2.75) is 39.7 Å². The van der Waals surface area contributed by atoms with Gasteiger partial charge in [0.1, 0.15) is 16.6 Å². The minimum Gasteiger partial charge on any atom is -0.467 e. The summed E-state index contributed by atoms with van der Waals surface area (Å²) in [7, 11) is 0. The molecule has 2 atom stereocenters. The molecule has 0 aliphatic rings. The van der Waals surface area contributed by atoms with Crippen LogP contribution in [0.25, 0.3) is 20.8 Å². The maximum atomic E-state index is 9.53. The Kier molecular flexibility index (Phi) is 7.02. The molecule has 0 fully saturated rings. The van der Waals surface area contributed by atoms with Crippen LogP contribution in [0.3, 0.4) is 0 Å².